The van der Waals surface area contributed by atoms with Gasteiger partial charge in [-0.3, -0.25) is 0 Å². The molecule has 51 heavy (non-hydrogen) atoms. The normalized spacial score (nSPS) is 14.2. The van der Waals surface area contributed by atoms with E-state index in [1.165, 1.54) is 53.2 Å². The van der Waals surface area contributed by atoms with Crippen molar-refractivity contribution in [1.29, 1.82) is 0 Å². The van der Waals surface area contributed by atoms with E-state index in [0.29, 0.717) is 11.1 Å². The van der Waals surface area contributed by atoms with Gasteiger partial charge in [0.15, 0.2) is 0 Å². The molecular formula is C49H35NS. The van der Waals surface area contributed by atoms with Crippen LogP contribution in [0.2, 0.25) is 0 Å². The lowest BCUT2D eigenvalue weighted by Gasteiger charge is -2.28. The summed E-state index contributed by atoms with van der Waals surface area (Å²) in [6.45, 7) is 4.54. The molecule has 0 unspecified atom stereocenters. The minimum Gasteiger partial charge on any atom is -0.310 e. The SMILES string of the molecule is [2H]c1c([2H])c(N(c2ccc(-c3cccc4ccccc34)cc2)c2ccc3c(c2)C(C)(C)c2ccc4c(sc5ccccc54)c2-3)c([2H])c([2H])c1-c1ccccc1. The van der Waals surface area contributed by atoms with E-state index in [-0.39, 0.29) is 35.3 Å². The maximum atomic E-state index is 9.47. The largest absolute Gasteiger partial charge is 0.310 e. The van der Waals surface area contributed by atoms with Crippen molar-refractivity contribution in [1.82, 2.24) is 0 Å². The second kappa shape index (κ2) is 11.6. The standard InChI is InChI=1S/C49H35NS/c1-49(2)44-30-29-42-41-16-8-9-18-46(41)51-48(42)47(44)43-28-27-38(31-45(43)49)50(36-23-19-33(20-24-36)32-11-4-3-5-12-32)37-25-21-35(22-26-37)40-17-10-14-34-13-6-7-15-39(34)40/h3-31H,1-2H3/i19D,20D,23D,24D. The number of rotatable bonds is 5. The molecule has 242 valence electrons. The lowest BCUT2D eigenvalue weighted by Crippen LogP contribution is -2.16. The van der Waals surface area contributed by atoms with Gasteiger partial charge in [-0.2, -0.15) is 0 Å². The molecule has 0 N–H and O–H groups in total. The Morgan fingerprint density at radius 2 is 1.20 bits per heavy atom. The molecule has 0 radical (unpaired) electrons. The van der Waals surface area contributed by atoms with Crippen molar-refractivity contribution in [3.8, 4) is 33.4 Å². The van der Waals surface area contributed by atoms with E-state index in [2.05, 4.69) is 123 Å². The summed E-state index contributed by atoms with van der Waals surface area (Å²) >= 11 is 1.84. The van der Waals surface area contributed by atoms with E-state index in [1.807, 2.05) is 58.7 Å². The molecule has 1 heterocycles. The molecular weight excluding hydrogens is 635 g/mol. The molecule has 0 amide bonds. The third-order valence-electron chi connectivity index (χ3n) is 10.5. The summed E-state index contributed by atoms with van der Waals surface area (Å²) in [6.07, 6.45) is 0. The lowest BCUT2D eigenvalue weighted by atomic mass is 9.82. The number of thiophene rings is 1. The van der Waals surface area contributed by atoms with Gasteiger partial charge in [0.1, 0.15) is 0 Å². The smallest absolute Gasteiger partial charge is 0.0645 e. The van der Waals surface area contributed by atoms with Crippen molar-refractivity contribution >= 4 is 59.3 Å². The highest BCUT2D eigenvalue weighted by Crippen LogP contribution is 2.55. The quantitative estimate of drug-likeness (QED) is 0.176. The van der Waals surface area contributed by atoms with Crippen molar-refractivity contribution in [2.24, 2.45) is 0 Å². The predicted octanol–water partition coefficient (Wildman–Crippen LogP) is 14.3. The van der Waals surface area contributed by atoms with Crippen molar-refractivity contribution in [3.63, 3.8) is 0 Å². The summed E-state index contributed by atoms with van der Waals surface area (Å²) in [7, 11) is 0. The average molecular weight is 674 g/mol. The molecule has 1 aromatic heterocycles. The molecule has 0 saturated heterocycles. The zero-order valence-corrected chi connectivity index (χ0v) is 29.1. The van der Waals surface area contributed by atoms with Crippen LogP contribution < -0.4 is 4.90 Å². The molecule has 0 atom stereocenters. The summed E-state index contributed by atoms with van der Waals surface area (Å²) in [5.41, 5.74) is 9.45. The molecule has 9 aromatic rings. The monoisotopic (exact) mass is 673 g/mol. The Balaban J connectivity index is 1.18. The summed E-state index contributed by atoms with van der Waals surface area (Å²) in [5.74, 6) is 0. The Morgan fingerprint density at radius 1 is 0.490 bits per heavy atom. The molecule has 0 spiro atoms. The number of hydrogen-bond acceptors (Lipinski definition) is 2. The van der Waals surface area contributed by atoms with Crippen LogP contribution in [-0.2, 0) is 5.41 Å². The summed E-state index contributed by atoms with van der Waals surface area (Å²) < 4.78 is 40.0. The third kappa shape index (κ3) is 4.75. The lowest BCUT2D eigenvalue weighted by molar-refractivity contribution is 0.661. The summed E-state index contributed by atoms with van der Waals surface area (Å²) in [5, 5.41) is 4.87. The Hall–Kier alpha value is -5.96. The second-order valence-corrected chi connectivity index (χ2v) is 14.9. The molecule has 10 rings (SSSR count). The van der Waals surface area contributed by atoms with Crippen LogP contribution in [0.15, 0.2) is 176 Å². The van der Waals surface area contributed by atoms with Crippen LogP contribution in [0.25, 0.3) is 64.3 Å². The number of hydrogen-bond donors (Lipinski definition) is 0. The van der Waals surface area contributed by atoms with Crippen molar-refractivity contribution < 1.29 is 5.48 Å². The molecule has 0 saturated carbocycles. The average Bonchev–Trinajstić information content (AvgIpc) is 3.71. The fourth-order valence-corrected chi connectivity index (χ4v) is 9.23. The van der Waals surface area contributed by atoms with Gasteiger partial charge in [-0.15, -0.1) is 11.3 Å². The first-order valence-corrected chi connectivity index (χ1v) is 18.2. The topological polar surface area (TPSA) is 3.24 Å². The van der Waals surface area contributed by atoms with Crippen molar-refractivity contribution in [2.45, 2.75) is 19.3 Å². The van der Waals surface area contributed by atoms with Gasteiger partial charge in [-0.1, -0.05) is 147 Å². The number of nitrogens with zero attached hydrogens (tertiary/aromatic N) is 1. The number of fused-ring (bicyclic) bond motifs is 8. The minimum absolute atomic E-state index is 0.0689. The van der Waals surface area contributed by atoms with Crippen molar-refractivity contribution in [3.05, 3.63) is 187 Å². The van der Waals surface area contributed by atoms with Gasteiger partial charge in [0, 0.05) is 48.2 Å². The van der Waals surface area contributed by atoms with Gasteiger partial charge in [0.2, 0.25) is 0 Å². The maximum absolute atomic E-state index is 9.47. The van der Waals surface area contributed by atoms with E-state index in [4.69, 9.17) is 0 Å². The molecule has 0 aliphatic heterocycles. The highest BCUT2D eigenvalue weighted by Gasteiger charge is 2.37. The van der Waals surface area contributed by atoms with Gasteiger partial charge < -0.3 is 4.90 Å². The van der Waals surface area contributed by atoms with Gasteiger partial charge in [-0.05, 0) is 92.1 Å². The van der Waals surface area contributed by atoms with Crippen LogP contribution in [0.1, 0.15) is 30.5 Å². The van der Waals surface area contributed by atoms with Gasteiger partial charge >= 0.3 is 0 Å². The highest BCUT2D eigenvalue weighted by atomic mass is 32.1. The number of anilines is 3. The third-order valence-corrected chi connectivity index (χ3v) is 11.8. The Labute approximate surface area is 308 Å². The van der Waals surface area contributed by atoms with Crippen LogP contribution in [0.3, 0.4) is 0 Å². The Bertz CT molecular complexity index is 2970. The second-order valence-electron chi connectivity index (χ2n) is 13.8. The molecule has 1 aliphatic rings. The molecule has 0 bridgehead atoms. The fourth-order valence-electron chi connectivity index (χ4n) is 7.97. The van der Waals surface area contributed by atoms with Gasteiger partial charge in [-0.25, -0.2) is 0 Å². The van der Waals surface area contributed by atoms with E-state index < -0.39 is 0 Å². The molecule has 8 aromatic carbocycles. The first-order valence-electron chi connectivity index (χ1n) is 19.4. The molecule has 2 heteroatoms. The summed E-state index contributed by atoms with van der Waals surface area (Å²) in [6, 6.07) is 51.5. The van der Waals surface area contributed by atoms with Crippen LogP contribution >= 0.6 is 11.3 Å². The van der Waals surface area contributed by atoms with Crippen LogP contribution in [0.4, 0.5) is 17.1 Å². The highest BCUT2D eigenvalue weighted by molar-refractivity contribution is 7.26. The molecule has 0 fully saturated rings. The Kier molecular flexibility index (Phi) is 5.87. The molecule has 1 aliphatic carbocycles. The van der Waals surface area contributed by atoms with Crippen LogP contribution in [0, 0.1) is 0 Å². The zero-order valence-electron chi connectivity index (χ0n) is 32.3. The predicted molar refractivity (Wildman–Crippen MR) is 220 cm³/mol. The molecule has 1 nitrogen and oxygen atoms in total. The first kappa shape index (κ1) is 25.9. The maximum Gasteiger partial charge on any atom is 0.0645 e. The minimum atomic E-state index is -0.319. The van der Waals surface area contributed by atoms with Gasteiger partial charge in [0.05, 0.1) is 5.48 Å². The number of benzene rings is 8. The van der Waals surface area contributed by atoms with E-state index in [1.54, 1.807) is 0 Å². The van der Waals surface area contributed by atoms with Crippen LogP contribution in [0.5, 0.6) is 0 Å². The van der Waals surface area contributed by atoms with Crippen LogP contribution in [-0.4, -0.2) is 0 Å². The zero-order chi connectivity index (χ0) is 37.6. The van der Waals surface area contributed by atoms with Crippen molar-refractivity contribution in [2.75, 3.05) is 4.90 Å². The first-order chi connectivity index (χ1) is 26.7. The van der Waals surface area contributed by atoms with E-state index >= 15 is 0 Å². The van der Waals surface area contributed by atoms with Gasteiger partial charge in [0.25, 0.3) is 0 Å². The van der Waals surface area contributed by atoms with E-state index in [9.17, 15) is 5.48 Å². The fraction of sp³-hybridized carbons (Fsp3) is 0.0612. The van der Waals surface area contributed by atoms with E-state index in [0.717, 1.165) is 22.5 Å². The summed E-state index contributed by atoms with van der Waals surface area (Å²) in [4.78, 5) is 1.91. The Morgan fingerprint density at radius 3 is 2.02 bits per heavy atom.